The summed E-state index contributed by atoms with van der Waals surface area (Å²) in [7, 11) is 0. The number of hydrogen-bond donors (Lipinski definition) is 2. The summed E-state index contributed by atoms with van der Waals surface area (Å²) >= 11 is 8.46. The molecule has 2 aromatic carbocycles. The van der Waals surface area contributed by atoms with Gasteiger partial charge in [-0.15, -0.1) is 21.5 Å². The van der Waals surface area contributed by atoms with Crippen LogP contribution in [0.25, 0.3) is 11.3 Å². The number of anilines is 1. The molecule has 11 nitrogen and oxygen atoms in total. The van der Waals surface area contributed by atoms with E-state index < -0.39 is 10.8 Å². The van der Waals surface area contributed by atoms with Crippen LogP contribution in [-0.2, 0) is 17.9 Å². The van der Waals surface area contributed by atoms with E-state index in [9.17, 15) is 19.7 Å². The highest BCUT2D eigenvalue weighted by molar-refractivity contribution is 7.99. The SMILES string of the molecule is CCn1c(CNC(=O)c2cccc([N+](=O)[O-])c2)nnc1SCC(=O)Nc1nc(-c2ccc(Cl)cc2)cs1. The summed E-state index contributed by atoms with van der Waals surface area (Å²) in [5.74, 6) is -0.122. The number of nitrogens with one attached hydrogen (secondary N) is 2. The second-order valence-corrected chi connectivity index (χ2v) is 9.75. The predicted octanol–water partition coefficient (Wildman–Crippen LogP) is 4.64. The van der Waals surface area contributed by atoms with Gasteiger partial charge in [-0.3, -0.25) is 19.7 Å². The van der Waals surface area contributed by atoms with Gasteiger partial charge in [0.25, 0.3) is 11.6 Å². The third kappa shape index (κ3) is 6.70. The maximum atomic E-state index is 12.5. The Balaban J connectivity index is 1.32. The van der Waals surface area contributed by atoms with Crippen molar-refractivity contribution < 1.29 is 14.5 Å². The zero-order valence-electron chi connectivity index (χ0n) is 19.4. The van der Waals surface area contributed by atoms with Gasteiger partial charge >= 0.3 is 0 Å². The molecule has 190 valence electrons. The first-order chi connectivity index (χ1) is 17.8. The third-order valence-corrected chi connectivity index (χ3v) is 7.04. The van der Waals surface area contributed by atoms with Crippen molar-refractivity contribution in [2.45, 2.75) is 25.2 Å². The van der Waals surface area contributed by atoms with E-state index in [0.717, 1.165) is 11.3 Å². The van der Waals surface area contributed by atoms with Crippen LogP contribution in [0.15, 0.2) is 59.1 Å². The van der Waals surface area contributed by atoms with Crippen molar-refractivity contribution in [1.29, 1.82) is 0 Å². The molecule has 0 saturated carbocycles. The molecule has 0 atom stereocenters. The molecule has 0 fully saturated rings. The van der Waals surface area contributed by atoms with Crippen LogP contribution in [0.2, 0.25) is 5.02 Å². The molecule has 2 aromatic heterocycles. The number of carbonyl (C=O) groups excluding carboxylic acids is 2. The molecule has 0 bridgehead atoms. The van der Waals surface area contributed by atoms with E-state index in [1.807, 2.05) is 24.4 Å². The van der Waals surface area contributed by atoms with Gasteiger partial charge in [-0.1, -0.05) is 41.6 Å². The van der Waals surface area contributed by atoms with Crippen LogP contribution in [0.3, 0.4) is 0 Å². The van der Waals surface area contributed by atoms with Crippen LogP contribution in [-0.4, -0.2) is 42.2 Å². The van der Waals surface area contributed by atoms with E-state index in [2.05, 4.69) is 25.8 Å². The normalized spacial score (nSPS) is 10.8. The van der Waals surface area contributed by atoms with Crippen molar-refractivity contribution in [2.24, 2.45) is 0 Å². The number of rotatable bonds is 10. The largest absolute Gasteiger partial charge is 0.345 e. The molecule has 2 amide bonds. The highest BCUT2D eigenvalue weighted by atomic mass is 35.5. The first-order valence-corrected chi connectivity index (χ1v) is 13.2. The monoisotopic (exact) mass is 557 g/mol. The van der Waals surface area contributed by atoms with Crippen LogP contribution < -0.4 is 10.6 Å². The minimum Gasteiger partial charge on any atom is -0.345 e. The lowest BCUT2D eigenvalue weighted by molar-refractivity contribution is -0.384. The number of nitro groups is 1. The Labute approximate surface area is 224 Å². The summed E-state index contributed by atoms with van der Waals surface area (Å²) in [5, 5.41) is 28.2. The van der Waals surface area contributed by atoms with Gasteiger partial charge in [-0.25, -0.2) is 4.98 Å². The van der Waals surface area contributed by atoms with Gasteiger partial charge in [0.2, 0.25) is 5.91 Å². The minimum absolute atomic E-state index is 0.0711. The van der Waals surface area contributed by atoms with Gasteiger partial charge in [-0.05, 0) is 25.1 Å². The molecular formula is C23H20ClN7O4S2. The number of aromatic nitrogens is 4. The number of hydrogen-bond acceptors (Lipinski definition) is 9. The van der Waals surface area contributed by atoms with Crippen molar-refractivity contribution in [3.05, 3.63) is 80.4 Å². The van der Waals surface area contributed by atoms with Crippen molar-refractivity contribution in [3.63, 3.8) is 0 Å². The lowest BCUT2D eigenvalue weighted by Crippen LogP contribution is -2.25. The van der Waals surface area contributed by atoms with E-state index in [1.165, 1.54) is 47.4 Å². The number of thiazole rings is 1. The molecule has 0 unspecified atom stereocenters. The third-order valence-electron chi connectivity index (χ3n) is 5.06. The first kappa shape index (κ1) is 26.3. The van der Waals surface area contributed by atoms with E-state index in [-0.39, 0.29) is 29.5 Å². The molecule has 37 heavy (non-hydrogen) atoms. The Morgan fingerprint density at radius 3 is 2.70 bits per heavy atom. The number of nitrogens with zero attached hydrogens (tertiary/aromatic N) is 5. The van der Waals surface area contributed by atoms with Crippen molar-refractivity contribution in [3.8, 4) is 11.3 Å². The summed E-state index contributed by atoms with van der Waals surface area (Å²) in [6, 6.07) is 12.8. The number of halogens is 1. The standard InChI is InChI=1S/C23H20ClN7O4S2/c1-2-30-19(11-25-21(33)15-4-3-5-17(10-15)31(34)35)28-29-23(30)37-13-20(32)27-22-26-18(12-36-22)14-6-8-16(24)9-7-14/h3-10,12H,2,11,13H2,1H3,(H,25,33)(H,26,27,32). The number of amides is 2. The van der Waals surface area contributed by atoms with E-state index in [4.69, 9.17) is 11.6 Å². The Kier molecular flexibility index (Phi) is 8.48. The van der Waals surface area contributed by atoms with E-state index in [1.54, 1.807) is 16.7 Å². The van der Waals surface area contributed by atoms with Gasteiger partial charge in [-0.2, -0.15) is 0 Å². The van der Waals surface area contributed by atoms with Crippen LogP contribution in [0, 0.1) is 10.1 Å². The Morgan fingerprint density at radius 1 is 1.19 bits per heavy atom. The van der Waals surface area contributed by atoms with Crippen molar-refractivity contribution >= 4 is 57.3 Å². The number of non-ortho nitro benzene ring substituents is 1. The fraction of sp³-hybridized carbons (Fsp3) is 0.174. The summed E-state index contributed by atoms with van der Waals surface area (Å²) in [6.07, 6.45) is 0. The van der Waals surface area contributed by atoms with Gasteiger partial charge in [0, 0.05) is 40.2 Å². The fourth-order valence-corrected chi connectivity index (χ4v) is 4.95. The zero-order valence-corrected chi connectivity index (χ0v) is 21.8. The summed E-state index contributed by atoms with van der Waals surface area (Å²) in [5.41, 5.74) is 1.65. The van der Waals surface area contributed by atoms with Gasteiger partial charge in [0.1, 0.15) is 0 Å². The molecule has 2 heterocycles. The van der Waals surface area contributed by atoms with E-state index >= 15 is 0 Å². The molecular weight excluding hydrogens is 538 g/mol. The number of nitro benzene ring substituents is 1. The second-order valence-electron chi connectivity index (χ2n) is 7.51. The lowest BCUT2D eigenvalue weighted by atomic mass is 10.2. The molecule has 14 heteroatoms. The number of thioether (sulfide) groups is 1. The molecule has 4 aromatic rings. The molecule has 0 aliphatic carbocycles. The van der Waals surface area contributed by atoms with Crippen molar-refractivity contribution in [1.82, 2.24) is 25.1 Å². The van der Waals surface area contributed by atoms with Gasteiger partial charge in [0.05, 0.1) is 22.9 Å². The Morgan fingerprint density at radius 2 is 1.97 bits per heavy atom. The predicted molar refractivity (Wildman–Crippen MR) is 142 cm³/mol. The fourth-order valence-electron chi connectivity index (χ4n) is 3.27. The molecule has 4 rings (SSSR count). The first-order valence-electron chi connectivity index (χ1n) is 10.9. The number of benzene rings is 2. The van der Waals surface area contributed by atoms with Crippen LogP contribution in [0.5, 0.6) is 0 Å². The molecule has 0 aliphatic heterocycles. The van der Waals surface area contributed by atoms with Crippen LogP contribution in [0.4, 0.5) is 10.8 Å². The Hall–Kier alpha value is -3.81. The summed E-state index contributed by atoms with van der Waals surface area (Å²) in [6.45, 7) is 2.49. The van der Waals surface area contributed by atoms with E-state index in [0.29, 0.717) is 27.7 Å². The minimum atomic E-state index is -0.558. The number of carbonyl (C=O) groups is 2. The maximum absolute atomic E-state index is 12.5. The molecule has 0 radical (unpaired) electrons. The smallest absolute Gasteiger partial charge is 0.270 e. The highest BCUT2D eigenvalue weighted by Gasteiger charge is 2.16. The molecule has 0 spiro atoms. The molecule has 0 saturated heterocycles. The topological polar surface area (TPSA) is 145 Å². The maximum Gasteiger partial charge on any atom is 0.270 e. The Bertz CT molecular complexity index is 1440. The lowest BCUT2D eigenvalue weighted by Gasteiger charge is -2.08. The average Bonchev–Trinajstić information content (AvgIpc) is 3.53. The quantitative estimate of drug-likeness (QED) is 0.163. The summed E-state index contributed by atoms with van der Waals surface area (Å²) in [4.78, 5) is 39.7. The average molecular weight is 558 g/mol. The van der Waals surface area contributed by atoms with Gasteiger partial charge < -0.3 is 15.2 Å². The van der Waals surface area contributed by atoms with Crippen LogP contribution in [0.1, 0.15) is 23.1 Å². The van der Waals surface area contributed by atoms with Crippen molar-refractivity contribution in [2.75, 3.05) is 11.1 Å². The molecule has 2 N–H and O–H groups in total. The second kappa shape index (κ2) is 12.0. The summed E-state index contributed by atoms with van der Waals surface area (Å²) < 4.78 is 1.79. The zero-order chi connectivity index (χ0) is 26.4. The molecule has 0 aliphatic rings. The highest BCUT2D eigenvalue weighted by Crippen LogP contribution is 2.26. The van der Waals surface area contributed by atoms with Gasteiger partial charge in [0.15, 0.2) is 16.1 Å². The van der Waals surface area contributed by atoms with Crippen LogP contribution >= 0.6 is 34.7 Å².